The topological polar surface area (TPSA) is 155 Å². The van der Waals surface area contributed by atoms with E-state index in [9.17, 15) is 28.9 Å². The van der Waals surface area contributed by atoms with Crippen LogP contribution in [-0.4, -0.2) is 66.5 Å². The van der Waals surface area contributed by atoms with Crippen molar-refractivity contribution < 1.29 is 52.2 Å². The van der Waals surface area contributed by atoms with Gasteiger partial charge in [-0.1, -0.05) is 208 Å². The summed E-state index contributed by atoms with van der Waals surface area (Å²) in [6, 6.07) is 0. The van der Waals surface area contributed by atoms with E-state index in [-0.39, 0.29) is 25.9 Å². The summed E-state index contributed by atoms with van der Waals surface area (Å²) in [5.74, 6) is -1.52. The minimum absolute atomic E-state index is 0.132. The van der Waals surface area contributed by atoms with Crippen LogP contribution in [0.2, 0.25) is 0 Å². The normalized spacial score (nSPS) is 14.0. The van der Waals surface area contributed by atoms with Crippen molar-refractivity contribution in [3.05, 3.63) is 97.2 Å². The highest BCUT2D eigenvalue weighted by Gasteiger charge is 2.28. The van der Waals surface area contributed by atoms with Gasteiger partial charge in [-0.25, -0.2) is 4.57 Å². The largest absolute Gasteiger partial charge is 0.472 e. The molecule has 0 aromatic carbocycles. The minimum Gasteiger partial charge on any atom is -0.462 e. The molecule has 0 saturated heterocycles. The van der Waals surface area contributed by atoms with Crippen LogP contribution in [0.25, 0.3) is 0 Å². The molecular weight excluding hydrogens is 976 g/mol. The van der Waals surface area contributed by atoms with Crippen LogP contribution in [0, 0.1) is 0 Å². The summed E-state index contributed by atoms with van der Waals surface area (Å²) in [5.41, 5.74) is 0. The molecule has 3 atom stereocenters. The monoisotopic (exact) mass is 1080 g/mol. The van der Waals surface area contributed by atoms with Crippen molar-refractivity contribution in [3.63, 3.8) is 0 Å². The van der Waals surface area contributed by atoms with Crippen molar-refractivity contribution in [2.75, 3.05) is 26.4 Å². The molecule has 11 nitrogen and oxygen atoms in total. The summed E-state index contributed by atoms with van der Waals surface area (Å²) in [5, 5.41) is 9.83. The molecule has 0 fully saturated rings. The Morgan fingerprint density at radius 2 is 0.684 bits per heavy atom. The average molecular weight is 1090 g/mol. The molecule has 0 saturated carbocycles. The van der Waals surface area contributed by atoms with E-state index in [1.165, 1.54) is 57.8 Å². The number of phosphoric acid groups is 1. The van der Waals surface area contributed by atoms with E-state index in [2.05, 4.69) is 118 Å². The second-order valence-corrected chi connectivity index (χ2v) is 21.2. The van der Waals surface area contributed by atoms with Crippen LogP contribution in [0.3, 0.4) is 0 Å². The quantitative estimate of drug-likeness (QED) is 0.0197. The lowest BCUT2D eigenvalue weighted by Gasteiger charge is -2.21. The van der Waals surface area contributed by atoms with Gasteiger partial charge in [0.05, 0.1) is 19.8 Å². The number of unbranched alkanes of at least 4 members (excludes halogenated alkanes) is 22. The first-order valence-electron chi connectivity index (χ1n) is 30.1. The van der Waals surface area contributed by atoms with Crippen molar-refractivity contribution in [2.24, 2.45) is 0 Å². The van der Waals surface area contributed by atoms with Gasteiger partial charge in [-0.2, -0.15) is 0 Å². The van der Waals surface area contributed by atoms with Gasteiger partial charge in [-0.05, 0) is 122 Å². The molecule has 0 aliphatic carbocycles. The van der Waals surface area contributed by atoms with Crippen LogP contribution < -0.4 is 0 Å². The summed E-state index contributed by atoms with van der Waals surface area (Å²) in [4.78, 5) is 48.6. The average Bonchev–Trinajstić information content (AvgIpc) is 3.41. The number of esters is 3. The molecule has 2 N–H and O–H groups in total. The molecule has 3 unspecified atom stereocenters. The Labute approximate surface area is 463 Å². The summed E-state index contributed by atoms with van der Waals surface area (Å²) >= 11 is 0. The maximum atomic E-state index is 12.9. The zero-order valence-corrected chi connectivity index (χ0v) is 49.1. The number of carbonyl (C=O) groups is 3. The maximum absolute atomic E-state index is 12.9. The first-order chi connectivity index (χ1) is 37.2. The molecule has 436 valence electrons. The van der Waals surface area contributed by atoms with Crippen molar-refractivity contribution >= 4 is 25.7 Å². The van der Waals surface area contributed by atoms with Crippen LogP contribution in [0.4, 0.5) is 0 Å². The van der Waals surface area contributed by atoms with Crippen LogP contribution in [0.15, 0.2) is 97.2 Å². The van der Waals surface area contributed by atoms with E-state index in [1.54, 1.807) is 0 Å². The molecule has 0 heterocycles. The van der Waals surface area contributed by atoms with Crippen molar-refractivity contribution in [1.29, 1.82) is 0 Å². The zero-order valence-electron chi connectivity index (χ0n) is 48.2. The van der Waals surface area contributed by atoms with Crippen molar-refractivity contribution in [1.82, 2.24) is 0 Å². The van der Waals surface area contributed by atoms with E-state index in [0.717, 1.165) is 135 Å². The Morgan fingerprint density at radius 3 is 1.05 bits per heavy atom. The second-order valence-electron chi connectivity index (χ2n) is 19.8. The second kappa shape index (κ2) is 57.6. The number of phosphoric ester groups is 1. The SMILES string of the molecule is CC/C=C\C/C=C\C/C=C\C/C=C\CCCCCCC(=O)OC(COC(=O)CCCCCCC/C=C\C/C=C\CCCCC)COP(=O)(O)OCC(CO)OC(=O)CCCCCCCCC/C=C\C/C=C\CCCCC. The molecule has 0 aromatic heterocycles. The lowest BCUT2D eigenvalue weighted by molar-refractivity contribution is -0.161. The number of rotatable bonds is 55. The summed E-state index contributed by atoms with van der Waals surface area (Å²) < 4.78 is 39.6. The number of carbonyl (C=O) groups excluding carboxylic acids is 3. The standard InChI is InChI=1S/C64H109O11P/c1-4-7-10-13-16-19-22-25-28-30-33-36-39-42-45-48-51-54-63(67)74-60(56-65)58-72-76(69,70)73-59-61(57-71-62(66)53-50-47-44-41-38-35-32-27-24-21-18-15-12-9-6-3)75-64(68)55-52-49-46-43-40-37-34-31-29-26-23-20-17-14-11-8-5-2/h8,11,16-21,25-29,32,34,37,60-61,65H,4-7,9-10,12-15,22-24,30-31,33,35-36,38-59H2,1-3H3,(H,69,70)/b11-8-,19-16-,20-17-,21-18-,28-25-,29-26-,32-27-,37-34-. The van der Waals surface area contributed by atoms with Gasteiger partial charge in [-0.3, -0.25) is 23.4 Å². The number of ether oxygens (including phenoxy) is 3. The van der Waals surface area contributed by atoms with Gasteiger partial charge >= 0.3 is 25.7 Å². The molecule has 0 aromatic rings. The van der Waals surface area contributed by atoms with Gasteiger partial charge in [0.15, 0.2) is 6.10 Å². The van der Waals surface area contributed by atoms with Crippen molar-refractivity contribution in [2.45, 2.75) is 264 Å². The number of aliphatic hydroxyl groups is 1. The van der Waals surface area contributed by atoms with E-state index in [4.69, 9.17) is 23.3 Å². The first kappa shape index (κ1) is 72.4. The highest BCUT2D eigenvalue weighted by atomic mass is 31.2. The van der Waals surface area contributed by atoms with Gasteiger partial charge in [0.2, 0.25) is 0 Å². The molecule has 0 spiro atoms. The smallest absolute Gasteiger partial charge is 0.462 e. The summed E-state index contributed by atoms with van der Waals surface area (Å²) in [6.07, 6.45) is 67.8. The number of allylic oxidation sites excluding steroid dienone is 16. The van der Waals surface area contributed by atoms with E-state index in [1.807, 2.05) is 0 Å². The first-order valence-corrected chi connectivity index (χ1v) is 31.6. The van der Waals surface area contributed by atoms with Crippen LogP contribution in [0.5, 0.6) is 0 Å². The summed E-state index contributed by atoms with van der Waals surface area (Å²) in [7, 11) is -4.77. The molecule has 0 rings (SSSR count). The lowest BCUT2D eigenvalue weighted by Crippen LogP contribution is -2.30. The van der Waals surface area contributed by atoms with E-state index < -0.39 is 57.8 Å². The number of hydrogen-bond donors (Lipinski definition) is 2. The third kappa shape index (κ3) is 55.2. The molecule has 0 radical (unpaired) electrons. The Hall–Kier alpha value is -3.60. The van der Waals surface area contributed by atoms with Gasteiger partial charge in [0, 0.05) is 19.3 Å². The molecule has 12 heteroatoms. The zero-order chi connectivity index (χ0) is 55.5. The fourth-order valence-electron chi connectivity index (χ4n) is 7.88. The van der Waals surface area contributed by atoms with Crippen LogP contribution in [0.1, 0.15) is 252 Å². The van der Waals surface area contributed by atoms with Gasteiger partial charge in [0.1, 0.15) is 12.7 Å². The molecule has 0 aliphatic heterocycles. The fraction of sp³-hybridized carbons (Fsp3) is 0.703. The predicted molar refractivity (Wildman–Crippen MR) is 316 cm³/mol. The number of hydrogen-bond acceptors (Lipinski definition) is 10. The van der Waals surface area contributed by atoms with Crippen molar-refractivity contribution in [3.8, 4) is 0 Å². The third-order valence-corrected chi connectivity index (χ3v) is 13.4. The maximum Gasteiger partial charge on any atom is 0.472 e. The van der Waals surface area contributed by atoms with Gasteiger partial charge in [0.25, 0.3) is 0 Å². The highest BCUT2D eigenvalue weighted by Crippen LogP contribution is 2.43. The Balaban J connectivity index is 4.77. The molecular formula is C64H109O11P. The summed E-state index contributed by atoms with van der Waals surface area (Å²) in [6.45, 7) is 4.44. The van der Waals surface area contributed by atoms with Crippen LogP contribution >= 0.6 is 7.82 Å². The highest BCUT2D eigenvalue weighted by molar-refractivity contribution is 7.47. The van der Waals surface area contributed by atoms with Gasteiger partial charge < -0.3 is 24.2 Å². The van der Waals surface area contributed by atoms with E-state index in [0.29, 0.717) is 19.3 Å². The Kier molecular flexibility index (Phi) is 54.8. The van der Waals surface area contributed by atoms with E-state index >= 15 is 0 Å². The number of aliphatic hydroxyl groups excluding tert-OH is 1. The minimum atomic E-state index is -4.77. The molecule has 0 amide bonds. The fourth-order valence-corrected chi connectivity index (χ4v) is 8.66. The lowest BCUT2D eigenvalue weighted by atomic mass is 10.1. The van der Waals surface area contributed by atoms with Gasteiger partial charge in [-0.15, -0.1) is 0 Å². The molecule has 0 aliphatic rings. The Bertz CT molecular complexity index is 1640. The predicted octanol–water partition coefficient (Wildman–Crippen LogP) is 18.0. The Morgan fingerprint density at radius 1 is 0.382 bits per heavy atom. The van der Waals surface area contributed by atoms with Crippen LogP contribution in [-0.2, 0) is 42.2 Å². The molecule has 0 bridgehead atoms. The third-order valence-electron chi connectivity index (χ3n) is 12.5. The molecule has 76 heavy (non-hydrogen) atoms.